The van der Waals surface area contributed by atoms with Gasteiger partial charge in [-0.1, -0.05) is 42.5 Å². The molecule has 0 saturated heterocycles. The van der Waals surface area contributed by atoms with Gasteiger partial charge in [0.2, 0.25) is 0 Å². The Hall–Kier alpha value is -2.64. The second-order valence-electron chi connectivity index (χ2n) is 6.10. The summed E-state index contributed by atoms with van der Waals surface area (Å²) in [4.78, 5) is 4.61. The van der Waals surface area contributed by atoms with E-state index in [2.05, 4.69) is 37.8 Å². The average Bonchev–Trinajstić information content (AvgIpc) is 3.04. The number of nitrogens with zero attached hydrogens (tertiary/aromatic N) is 2. The largest absolute Gasteiger partial charge is 0.326 e. The van der Waals surface area contributed by atoms with Crippen LogP contribution in [0, 0.1) is 0 Å². The summed E-state index contributed by atoms with van der Waals surface area (Å²) in [6.45, 7) is 0.708. The number of hydrogen-bond acceptors (Lipinski definition) is 3. The molecule has 7 heteroatoms. The van der Waals surface area contributed by atoms with Gasteiger partial charge in [-0.15, -0.1) is 0 Å². The summed E-state index contributed by atoms with van der Waals surface area (Å²) >= 11 is 3.29. The van der Waals surface area contributed by atoms with Crippen molar-refractivity contribution in [3.8, 4) is 0 Å². The fraction of sp³-hybridized carbons (Fsp3) is 0.0500. The molecule has 0 radical (unpaired) electrons. The zero-order valence-corrected chi connectivity index (χ0v) is 16.6. The predicted octanol–water partition coefficient (Wildman–Crippen LogP) is 4.65. The van der Waals surface area contributed by atoms with Crippen molar-refractivity contribution < 1.29 is 8.42 Å². The van der Waals surface area contributed by atoms with Crippen LogP contribution in [0.5, 0.6) is 0 Å². The third-order valence-corrected chi connectivity index (χ3v) is 6.59. The van der Waals surface area contributed by atoms with Crippen LogP contribution in [0.15, 0.2) is 88.5 Å². The van der Waals surface area contributed by atoms with Gasteiger partial charge in [0, 0.05) is 11.0 Å². The molecule has 0 aliphatic rings. The molecule has 5 nitrogen and oxygen atoms in total. The average molecular weight is 442 g/mol. The molecule has 0 bridgehead atoms. The Morgan fingerprint density at radius 3 is 2.48 bits per heavy atom. The molecule has 0 spiro atoms. The maximum absolute atomic E-state index is 12.6. The van der Waals surface area contributed by atoms with Crippen molar-refractivity contribution in [3.63, 3.8) is 0 Å². The van der Waals surface area contributed by atoms with Crippen molar-refractivity contribution in [3.05, 3.63) is 89.2 Å². The zero-order chi connectivity index (χ0) is 18.9. The van der Waals surface area contributed by atoms with E-state index in [0.717, 1.165) is 11.0 Å². The van der Waals surface area contributed by atoms with E-state index in [1.807, 2.05) is 28.8 Å². The maximum atomic E-state index is 12.6. The first-order chi connectivity index (χ1) is 13.0. The van der Waals surface area contributed by atoms with Crippen molar-refractivity contribution in [2.24, 2.45) is 0 Å². The SMILES string of the molecule is O=S(=O)(Nc1ccc2c(c1)ncn2Cc1ccccc1)c1ccccc1Br. The first-order valence-corrected chi connectivity index (χ1v) is 10.6. The number of halogens is 1. The number of aromatic nitrogens is 2. The van der Waals surface area contributed by atoms with E-state index >= 15 is 0 Å². The van der Waals surface area contributed by atoms with E-state index in [4.69, 9.17) is 0 Å². The molecule has 4 rings (SSSR count). The first kappa shape index (κ1) is 17.8. The topological polar surface area (TPSA) is 64.0 Å². The molecule has 4 aromatic rings. The van der Waals surface area contributed by atoms with Gasteiger partial charge in [-0.25, -0.2) is 13.4 Å². The summed E-state index contributed by atoms with van der Waals surface area (Å²) in [6, 6.07) is 22.2. The first-order valence-electron chi connectivity index (χ1n) is 8.29. The summed E-state index contributed by atoms with van der Waals surface area (Å²) in [7, 11) is -3.69. The highest BCUT2D eigenvalue weighted by atomic mass is 79.9. The fourth-order valence-corrected chi connectivity index (χ4v) is 4.96. The lowest BCUT2D eigenvalue weighted by molar-refractivity contribution is 0.601. The highest BCUT2D eigenvalue weighted by Crippen LogP contribution is 2.25. The number of rotatable bonds is 5. The minimum absolute atomic E-state index is 0.194. The molecular formula is C20H16BrN3O2S. The van der Waals surface area contributed by atoms with Crippen LogP contribution >= 0.6 is 15.9 Å². The zero-order valence-electron chi connectivity index (χ0n) is 14.2. The van der Waals surface area contributed by atoms with Gasteiger partial charge in [0.05, 0.1) is 23.0 Å². The Morgan fingerprint density at radius 1 is 0.963 bits per heavy atom. The van der Waals surface area contributed by atoms with Gasteiger partial charge in [-0.3, -0.25) is 4.72 Å². The minimum atomic E-state index is -3.69. The Labute approximate surface area is 165 Å². The number of fused-ring (bicyclic) bond motifs is 1. The van der Waals surface area contributed by atoms with Gasteiger partial charge >= 0.3 is 0 Å². The van der Waals surface area contributed by atoms with Gasteiger partial charge < -0.3 is 4.57 Å². The molecule has 3 aromatic carbocycles. The van der Waals surface area contributed by atoms with E-state index in [1.165, 1.54) is 5.56 Å². The van der Waals surface area contributed by atoms with E-state index < -0.39 is 10.0 Å². The van der Waals surface area contributed by atoms with Crippen LogP contribution in [-0.4, -0.2) is 18.0 Å². The molecule has 1 aromatic heterocycles. The number of imidazole rings is 1. The van der Waals surface area contributed by atoms with Gasteiger partial charge in [-0.05, 0) is 51.8 Å². The minimum Gasteiger partial charge on any atom is -0.326 e. The molecule has 0 aliphatic carbocycles. The second-order valence-corrected chi connectivity index (χ2v) is 8.60. The molecule has 136 valence electrons. The van der Waals surface area contributed by atoms with E-state index in [1.54, 1.807) is 42.7 Å². The Kier molecular flexibility index (Phi) is 4.72. The van der Waals surface area contributed by atoms with Gasteiger partial charge in [0.25, 0.3) is 10.0 Å². The van der Waals surface area contributed by atoms with E-state index in [9.17, 15) is 8.42 Å². The second kappa shape index (κ2) is 7.17. The van der Waals surface area contributed by atoms with Crippen LogP contribution in [0.25, 0.3) is 11.0 Å². The monoisotopic (exact) mass is 441 g/mol. The molecule has 1 N–H and O–H groups in total. The van der Waals surface area contributed by atoms with Crippen molar-refractivity contribution in [2.75, 3.05) is 4.72 Å². The molecule has 0 atom stereocenters. The van der Waals surface area contributed by atoms with Crippen LogP contribution in [-0.2, 0) is 16.6 Å². The molecule has 0 fully saturated rings. The molecule has 0 amide bonds. The molecule has 0 aliphatic heterocycles. The quantitative estimate of drug-likeness (QED) is 0.490. The van der Waals surface area contributed by atoms with Crippen LogP contribution in [0.4, 0.5) is 5.69 Å². The van der Waals surface area contributed by atoms with Crippen LogP contribution in [0.2, 0.25) is 0 Å². The normalized spacial score (nSPS) is 11.6. The Morgan fingerprint density at radius 2 is 1.70 bits per heavy atom. The highest BCUT2D eigenvalue weighted by molar-refractivity contribution is 9.10. The third-order valence-electron chi connectivity index (χ3n) is 4.20. The lowest BCUT2D eigenvalue weighted by atomic mass is 10.2. The number of anilines is 1. The molecule has 1 heterocycles. The Bertz CT molecular complexity index is 1200. The molecule has 0 saturated carbocycles. The van der Waals surface area contributed by atoms with Gasteiger partial charge in [-0.2, -0.15) is 0 Å². The van der Waals surface area contributed by atoms with E-state index in [-0.39, 0.29) is 4.90 Å². The number of hydrogen-bond donors (Lipinski definition) is 1. The lowest BCUT2D eigenvalue weighted by Crippen LogP contribution is -2.13. The van der Waals surface area contributed by atoms with Crippen molar-refractivity contribution in [2.45, 2.75) is 11.4 Å². The predicted molar refractivity (Wildman–Crippen MR) is 110 cm³/mol. The van der Waals surface area contributed by atoms with Crippen LogP contribution < -0.4 is 4.72 Å². The highest BCUT2D eigenvalue weighted by Gasteiger charge is 2.17. The summed E-state index contributed by atoms with van der Waals surface area (Å²) in [5, 5.41) is 0. The van der Waals surface area contributed by atoms with Gasteiger partial charge in [0.15, 0.2) is 0 Å². The van der Waals surface area contributed by atoms with Crippen LogP contribution in [0.1, 0.15) is 5.56 Å². The number of nitrogens with one attached hydrogen (secondary N) is 1. The molecule has 27 heavy (non-hydrogen) atoms. The van der Waals surface area contributed by atoms with Crippen molar-refractivity contribution in [1.82, 2.24) is 9.55 Å². The third kappa shape index (κ3) is 3.74. The fourth-order valence-electron chi connectivity index (χ4n) is 2.91. The summed E-state index contributed by atoms with van der Waals surface area (Å²) in [5.74, 6) is 0. The summed E-state index contributed by atoms with van der Waals surface area (Å²) < 4.78 is 30.5. The lowest BCUT2D eigenvalue weighted by Gasteiger charge is -2.10. The molecular weight excluding hydrogens is 426 g/mol. The van der Waals surface area contributed by atoms with Crippen LogP contribution in [0.3, 0.4) is 0 Å². The van der Waals surface area contributed by atoms with Crippen molar-refractivity contribution >= 4 is 42.7 Å². The standard InChI is InChI=1S/C20H16BrN3O2S/c21-17-8-4-5-9-20(17)27(25,26)23-16-10-11-19-18(12-16)22-14-24(19)13-15-6-2-1-3-7-15/h1-12,14,23H,13H2. The smallest absolute Gasteiger partial charge is 0.263 e. The number of benzene rings is 3. The summed E-state index contributed by atoms with van der Waals surface area (Å²) in [6.07, 6.45) is 1.77. The van der Waals surface area contributed by atoms with Crippen molar-refractivity contribution in [1.29, 1.82) is 0 Å². The molecule has 0 unspecified atom stereocenters. The maximum Gasteiger partial charge on any atom is 0.263 e. The van der Waals surface area contributed by atoms with Gasteiger partial charge in [0.1, 0.15) is 4.90 Å². The Balaban J connectivity index is 1.62. The summed E-state index contributed by atoms with van der Waals surface area (Å²) in [5.41, 5.74) is 3.33. The number of sulfonamides is 1. The van der Waals surface area contributed by atoms with E-state index in [0.29, 0.717) is 16.7 Å².